The highest BCUT2D eigenvalue weighted by Gasteiger charge is 2.04. The number of likely N-dealkylation sites (N-methyl/N-ethyl adjacent to an activating group) is 1. The van der Waals surface area contributed by atoms with E-state index in [1.807, 2.05) is 38.2 Å². The number of nitrogens with zero attached hydrogens (tertiary/aromatic N) is 1. The highest BCUT2D eigenvalue weighted by atomic mass is 32.2. The van der Waals surface area contributed by atoms with E-state index in [9.17, 15) is 8.76 Å². The van der Waals surface area contributed by atoms with E-state index in [2.05, 4.69) is 14.9 Å². The quantitative estimate of drug-likeness (QED) is 0.712. The van der Waals surface area contributed by atoms with E-state index in [0.29, 0.717) is 13.1 Å². The zero-order valence-electron chi connectivity index (χ0n) is 10.1. The van der Waals surface area contributed by atoms with Crippen molar-refractivity contribution in [3.63, 3.8) is 0 Å². The molecule has 0 aliphatic heterocycles. The molecule has 0 saturated carbocycles. The molecular weight excluding hydrogens is 238 g/mol. The number of hydrogen-bond acceptors (Lipinski definition) is 4. The third kappa shape index (κ3) is 4.72. The van der Waals surface area contributed by atoms with E-state index >= 15 is 0 Å². The van der Waals surface area contributed by atoms with Crippen molar-refractivity contribution >= 4 is 22.6 Å². The second kappa shape index (κ2) is 7.26. The van der Waals surface area contributed by atoms with Gasteiger partial charge in [-0.15, -0.1) is 0 Å². The molecule has 0 aliphatic rings. The molecular formula is C11H18N3O2S-. The maximum absolute atomic E-state index is 10.4. The lowest BCUT2D eigenvalue weighted by molar-refractivity contribution is 0.523. The zero-order valence-corrected chi connectivity index (χ0v) is 10.9. The molecule has 1 aromatic carbocycles. The number of anilines is 2. The summed E-state index contributed by atoms with van der Waals surface area (Å²) in [5.74, 6) is 0. The van der Waals surface area contributed by atoms with Crippen LogP contribution in [0.25, 0.3) is 0 Å². The maximum Gasteiger partial charge on any atom is 0.0387 e. The van der Waals surface area contributed by atoms with Gasteiger partial charge in [-0.1, -0.05) is 6.07 Å². The predicted octanol–water partition coefficient (Wildman–Crippen LogP) is 0.938. The van der Waals surface area contributed by atoms with Gasteiger partial charge >= 0.3 is 0 Å². The lowest BCUT2D eigenvalue weighted by Crippen LogP contribution is -2.32. The summed E-state index contributed by atoms with van der Waals surface area (Å²) in [5.41, 5.74) is 2.12. The van der Waals surface area contributed by atoms with Gasteiger partial charge in [-0.2, -0.15) is 0 Å². The second-order valence-corrected chi connectivity index (χ2v) is 4.27. The van der Waals surface area contributed by atoms with Gasteiger partial charge in [0.15, 0.2) is 0 Å². The van der Waals surface area contributed by atoms with Gasteiger partial charge in [0.25, 0.3) is 0 Å². The van der Waals surface area contributed by atoms with Gasteiger partial charge in [-0.3, -0.25) is 4.21 Å². The number of rotatable bonds is 7. The van der Waals surface area contributed by atoms with Crippen LogP contribution in [-0.2, 0) is 11.3 Å². The van der Waals surface area contributed by atoms with Crippen LogP contribution < -0.4 is 14.9 Å². The molecule has 0 aliphatic carbocycles. The molecule has 0 spiro atoms. The van der Waals surface area contributed by atoms with Gasteiger partial charge in [0.2, 0.25) is 0 Å². The Balaban J connectivity index is 2.62. The fourth-order valence-corrected chi connectivity index (χ4v) is 1.85. The molecule has 1 unspecified atom stereocenters. The predicted molar refractivity (Wildman–Crippen MR) is 70.8 cm³/mol. The van der Waals surface area contributed by atoms with Crippen LogP contribution in [0.3, 0.4) is 0 Å². The first kappa shape index (κ1) is 14.0. The summed E-state index contributed by atoms with van der Waals surface area (Å²) in [5, 5.41) is 3.08. The summed E-state index contributed by atoms with van der Waals surface area (Å²) in [6, 6.07) is 8.02. The summed E-state index contributed by atoms with van der Waals surface area (Å²) >= 11 is -2.19. The van der Waals surface area contributed by atoms with Crippen LogP contribution in [-0.4, -0.2) is 35.4 Å². The fraction of sp³-hybridized carbons (Fsp3) is 0.455. The molecule has 1 rings (SSSR count). The lowest BCUT2D eigenvalue weighted by atomic mass is 10.2. The Morgan fingerprint density at radius 1 is 1.47 bits per heavy atom. The third-order valence-corrected chi connectivity index (χ3v) is 2.92. The van der Waals surface area contributed by atoms with Crippen molar-refractivity contribution in [3.05, 3.63) is 24.3 Å². The maximum atomic E-state index is 10.4. The van der Waals surface area contributed by atoms with Gasteiger partial charge in [0.1, 0.15) is 0 Å². The molecule has 17 heavy (non-hydrogen) atoms. The molecule has 1 atom stereocenters. The van der Waals surface area contributed by atoms with E-state index in [1.54, 1.807) is 0 Å². The Kier molecular flexibility index (Phi) is 5.96. The summed E-state index contributed by atoms with van der Waals surface area (Å²) in [6.07, 6.45) is 0. The summed E-state index contributed by atoms with van der Waals surface area (Å²) < 4.78 is 23.1. The fourth-order valence-electron chi connectivity index (χ4n) is 1.59. The summed E-state index contributed by atoms with van der Waals surface area (Å²) in [4.78, 5) is 2.11. The zero-order chi connectivity index (χ0) is 12.7. The third-order valence-electron chi connectivity index (χ3n) is 2.48. The van der Waals surface area contributed by atoms with Crippen molar-refractivity contribution in [1.29, 1.82) is 0 Å². The molecule has 1 aromatic rings. The average molecular weight is 256 g/mol. The average Bonchev–Trinajstić information content (AvgIpc) is 2.34. The number of nitrogens with one attached hydrogen (secondary N) is 2. The van der Waals surface area contributed by atoms with E-state index in [-0.39, 0.29) is 0 Å². The second-order valence-electron chi connectivity index (χ2n) is 3.51. The summed E-state index contributed by atoms with van der Waals surface area (Å²) in [7, 11) is 1.87. The van der Waals surface area contributed by atoms with E-state index in [1.165, 1.54) is 0 Å². The Morgan fingerprint density at radius 2 is 2.24 bits per heavy atom. The minimum absolute atomic E-state index is 0.410. The minimum atomic E-state index is -2.19. The number of benzene rings is 1. The molecule has 0 amide bonds. The highest BCUT2D eigenvalue weighted by molar-refractivity contribution is 7.77. The Morgan fingerprint density at radius 3 is 2.82 bits per heavy atom. The van der Waals surface area contributed by atoms with Crippen LogP contribution in [0, 0.1) is 0 Å². The van der Waals surface area contributed by atoms with Gasteiger partial charge < -0.3 is 14.8 Å². The monoisotopic (exact) mass is 256 g/mol. The van der Waals surface area contributed by atoms with Crippen LogP contribution in [0.5, 0.6) is 0 Å². The van der Waals surface area contributed by atoms with E-state index < -0.39 is 11.3 Å². The first-order chi connectivity index (χ1) is 8.17. The molecule has 0 aromatic heterocycles. The largest absolute Gasteiger partial charge is 0.760 e. The SMILES string of the molecule is CCN(CCNS(=O)[O-])c1cccc(NC)c1. The molecule has 0 radical (unpaired) electrons. The van der Waals surface area contributed by atoms with E-state index in [4.69, 9.17) is 0 Å². The molecule has 2 N–H and O–H groups in total. The first-order valence-corrected chi connectivity index (χ1v) is 6.60. The van der Waals surface area contributed by atoms with Crippen LogP contribution in [0.15, 0.2) is 24.3 Å². The van der Waals surface area contributed by atoms with Crippen molar-refractivity contribution in [1.82, 2.24) is 4.72 Å². The molecule has 96 valence electrons. The number of hydrogen-bond donors (Lipinski definition) is 2. The molecule has 0 heterocycles. The van der Waals surface area contributed by atoms with Crippen LogP contribution in [0.4, 0.5) is 11.4 Å². The summed E-state index contributed by atoms with van der Waals surface area (Å²) in [6.45, 7) is 3.94. The topological polar surface area (TPSA) is 67.4 Å². The molecule has 0 bridgehead atoms. The Bertz CT molecular complexity index is 373. The van der Waals surface area contributed by atoms with Crippen LogP contribution in [0.2, 0.25) is 0 Å². The van der Waals surface area contributed by atoms with Crippen molar-refractivity contribution in [2.24, 2.45) is 0 Å². The molecule has 6 heteroatoms. The van der Waals surface area contributed by atoms with Crippen LogP contribution in [0.1, 0.15) is 6.92 Å². The lowest BCUT2D eigenvalue weighted by Gasteiger charge is -2.24. The van der Waals surface area contributed by atoms with Crippen LogP contribution >= 0.6 is 0 Å². The highest BCUT2D eigenvalue weighted by Crippen LogP contribution is 2.18. The normalized spacial score (nSPS) is 12.2. The first-order valence-electron chi connectivity index (χ1n) is 5.53. The van der Waals surface area contributed by atoms with Crippen molar-refractivity contribution in [2.75, 3.05) is 36.9 Å². The van der Waals surface area contributed by atoms with Gasteiger partial charge in [0, 0.05) is 49.3 Å². The van der Waals surface area contributed by atoms with Crippen molar-refractivity contribution < 1.29 is 8.76 Å². The smallest absolute Gasteiger partial charge is 0.0387 e. The molecule has 5 nitrogen and oxygen atoms in total. The van der Waals surface area contributed by atoms with Gasteiger partial charge in [-0.25, -0.2) is 4.72 Å². The molecule has 0 saturated heterocycles. The van der Waals surface area contributed by atoms with Gasteiger partial charge in [0.05, 0.1) is 0 Å². The van der Waals surface area contributed by atoms with E-state index in [0.717, 1.165) is 17.9 Å². The standard InChI is InChI=1S/C11H19N3O2S/c1-3-14(8-7-13-17(15)16)11-6-4-5-10(9-11)12-2/h4-6,9,12-13H,3,7-8H2,1-2H3,(H,15,16)/p-1. The van der Waals surface area contributed by atoms with Crippen molar-refractivity contribution in [2.45, 2.75) is 6.92 Å². The Labute approximate surface area is 105 Å². The van der Waals surface area contributed by atoms with Gasteiger partial charge in [-0.05, 0) is 25.1 Å². The Hall–Kier alpha value is -1.11. The molecule has 0 fully saturated rings. The van der Waals surface area contributed by atoms with Crippen molar-refractivity contribution in [3.8, 4) is 0 Å². The minimum Gasteiger partial charge on any atom is -0.760 e.